The first-order valence-electron chi connectivity index (χ1n) is 10.9. The monoisotopic (exact) mass is 417 g/mol. The van der Waals surface area contributed by atoms with Crippen LogP contribution in [-0.2, 0) is 11.3 Å². The molecule has 1 aromatic carbocycles. The Morgan fingerprint density at radius 2 is 1.80 bits per heavy atom. The second-order valence-electron chi connectivity index (χ2n) is 9.70. The normalized spacial score (nSPS) is 30.2. The lowest BCUT2D eigenvalue weighted by atomic mass is 9.53. The summed E-state index contributed by atoms with van der Waals surface area (Å²) in [7, 11) is 3.20. The predicted octanol–water partition coefficient (Wildman–Crippen LogP) is 3.45. The third-order valence-corrected chi connectivity index (χ3v) is 7.34. The summed E-state index contributed by atoms with van der Waals surface area (Å²) in [5.74, 6) is 1.57. The summed E-state index contributed by atoms with van der Waals surface area (Å²) in [5.41, 5.74) is 0.600. The Labute approximate surface area is 177 Å². The van der Waals surface area contributed by atoms with Crippen molar-refractivity contribution in [3.8, 4) is 5.75 Å². The smallest absolute Gasteiger partial charge is 0.321 e. The van der Waals surface area contributed by atoms with Crippen molar-refractivity contribution >= 4 is 11.9 Å². The van der Waals surface area contributed by atoms with Crippen LogP contribution in [-0.4, -0.2) is 42.6 Å². The van der Waals surface area contributed by atoms with E-state index in [1.807, 2.05) is 0 Å². The topological polar surface area (TPSA) is 70.7 Å². The van der Waals surface area contributed by atoms with E-state index in [0.29, 0.717) is 6.54 Å². The molecule has 0 heterocycles. The average Bonchev–Trinajstić information content (AvgIpc) is 2.65. The first-order valence-corrected chi connectivity index (χ1v) is 10.9. The number of rotatable bonds is 6. The molecule has 5 rings (SSSR count). The average molecular weight is 418 g/mol. The van der Waals surface area contributed by atoms with E-state index in [0.717, 1.165) is 42.6 Å². The second kappa shape index (κ2) is 8.17. The van der Waals surface area contributed by atoms with E-state index in [9.17, 15) is 14.0 Å². The second-order valence-corrected chi connectivity index (χ2v) is 9.70. The van der Waals surface area contributed by atoms with Crippen molar-refractivity contribution in [2.24, 2.45) is 17.8 Å². The number of methoxy groups -OCH3 is 1. The summed E-state index contributed by atoms with van der Waals surface area (Å²) in [4.78, 5) is 27.0. The molecule has 1 aromatic rings. The lowest BCUT2D eigenvalue weighted by Crippen LogP contribution is -2.62. The molecular formula is C23H32FN3O3. The van der Waals surface area contributed by atoms with Crippen LogP contribution in [0.2, 0.25) is 0 Å². The fourth-order valence-corrected chi connectivity index (χ4v) is 6.19. The van der Waals surface area contributed by atoms with E-state index < -0.39 is 17.9 Å². The third kappa shape index (κ3) is 4.31. The first kappa shape index (κ1) is 21.1. The minimum atomic E-state index is -0.530. The zero-order valence-electron chi connectivity index (χ0n) is 18.0. The molecule has 2 N–H and O–H groups in total. The van der Waals surface area contributed by atoms with Gasteiger partial charge >= 0.3 is 6.03 Å². The van der Waals surface area contributed by atoms with Gasteiger partial charge in [-0.3, -0.25) is 15.0 Å². The number of likely N-dealkylation sites (N-methyl/N-ethyl adjacent to an activating group) is 1. The zero-order chi connectivity index (χ0) is 21.5. The first-order chi connectivity index (χ1) is 14.3. The van der Waals surface area contributed by atoms with Crippen LogP contribution in [0.1, 0.15) is 51.0 Å². The van der Waals surface area contributed by atoms with Crippen LogP contribution >= 0.6 is 0 Å². The Balaban J connectivity index is 1.30. The quantitative estimate of drug-likeness (QED) is 0.744. The van der Waals surface area contributed by atoms with Gasteiger partial charge in [-0.15, -0.1) is 0 Å². The number of amides is 3. The molecule has 1 atom stereocenters. The fraction of sp³-hybridized carbons (Fsp3) is 0.652. The summed E-state index contributed by atoms with van der Waals surface area (Å²) in [6, 6.07) is 3.82. The molecule has 0 radical (unpaired) electrons. The molecule has 7 heteroatoms. The van der Waals surface area contributed by atoms with Gasteiger partial charge in [0.25, 0.3) is 0 Å². The number of carbonyl (C=O) groups excluding carboxylic acids is 2. The summed E-state index contributed by atoms with van der Waals surface area (Å²) < 4.78 is 18.8. The molecule has 4 aliphatic carbocycles. The molecule has 30 heavy (non-hydrogen) atoms. The van der Waals surface area contributed by atoms with Gasteiger partial charge in [-0.25, -0.2) is 9.18 Å². The number of nitrogens with one attached hydrogen (secondary N) is 2. The Hall–Kier alpha value is -2.15. The van der Waals surface area contributed by atoms with E-state index in [2.05, 4.69) is 10.6 Å². The van der Waals surface area contributed by atoms with E-state index in [1.54, 1.807) is 31.0 Å². The lowest BCUT2D eigenvalue weighted by Gasteiger charge is -2.56. The number of nitrogens with zero attached hydrogens (tertiary/aromatic N) is 1. The molecule has 6 nitrogen and oxygen atoms in total. The van der Waals surface area contributed by atoms with Gasteiger partial charge in [-0.05, 0) is 87.9 Å². The van der Waals surface area contributed by atoms with Crippen molar-refractivity contribution in [3.63, 3.8) is 0 Å². The van der Waals surface area contributed by atoms with Crippen molar-refractivity contribution in [3.05, 3.63) is 29.6 Å². The maximum Gasteiger partial charge on any atom is 0.321 e. The Morgan fingerprint density at radius 1 is 1.20 bits per heavy atom. The van der Waals surface area contributed by atoms with Crippen molar-refractivity contribution in [1.82, 2.24) is 15.5 Å². The number of hydrogen-bond donors (Lipinski definition) is 2. The molecule has 4 saturated carbocycles. The molecule has 0 spiro atoms. The minimum absolute atomic E-state index is 0.130. The largest absolute Gasteiger partial charge is 0.494 e. The molecule has 4 aliphatic rings. The Kier molecular flexibility index (Phi) is 5.75. The molecule has 0 saturated heterocycles. The van der Waals surface area contributed by atoms with Crippen LogP contribution in [0, 0.1) is 23.6 Å². The molecule has 0 unspecified atom stereocenters. The van der Waals surface area contributed by atoms with Crippen molar-refractivity contribution in [2.45, 2.75) is 63.6 Å². The molecule has 4 bridgehead atoms. The third-order valence-electron chi connectivity index (χ3n) is 7.34. The van der Waals surface area contributed by atoms with Gasteiger partial charge in [0, 0.05) is 12.1 Å². The van der Waals surface area contributed by atoms with Crippen molar-refractivity contribution < 1.29 is 18.7 Å². The number of halogens is 1. The Bertz CT molecular complexity index is 793. The SMILES string of the molecule is COc1ccc(CN(C)[C@H](C)C(=O)NC(=O)NC23CC4CC(CC(C4)C2)C3)cc1F. The molecule has 0 aromatic heterocycles. The fourth-order valence-electron chi connectivity index (χ4n) is 6.19. The number of imide groups is 1. The Morgan fingerprint density at radius 3 is 2.33 bits per heavy atom. The standard InChI is InChI=1S/C23H32FN3O3/c1-14(27(2)13-15-4-5-20(30-3)19(24)9-15)21(28)25-22(29)26-23-10-16-6-17(11-23)8-18(7-16)12-23/h4-5,9,14,16-18H,6-8,10-13H2,1-3H3,(H2,25,26,28,29)/t14-,16?,17?,18?,23?/m1/s1. The van der Waals surface area contributed by atoms with Gasteiger partial charge < -0.3 is 10.1 Å². The molecular weight excluding hydrogens is 385 g/mol. The zero-order valence-corrected chi connectivity index (χ0v) is 18.0. The summed E-state index contributed by atoms with van der Waals surface area (Å²) in [6.45, 7) is 2.12. The van der Waals surface area contributed by atoms with Crippen LogP contribution in [0.25, 0.3) is 0 Å². The summed E-state index contributed by atoms with van der Waals surface area (Å²) in [5, 5.41) is 5.69. The van der Waals surface area contributed by atoms with E-state index in [4.69, 9.17) is 4.74 Å². The summed E-state index contributed by atoms with van der Waals surface area (Å²) >= 11 is 0. The summed E-state index contributed by atoms with van der Waals surface area (Å²) in [6.07, 6.45) is 7.02. The van der Waals surface area contributed by atoms with Crippen molar-refractivity contribution in [2.75, 3.05) is 14.2 Å². The highest BCUT2D eigenvalue weighted by Crippen LogP contribution is 2.55. The van der Waals surface area contributed by atoms with Crippen LogP contribution in [0.3, 0.4) is 0 Å². The van der Waals surface area contributed by atoms with Crippen LogP contribution in [0.15, 0.2) is 18.2 Å². The molecule has 4 fully saturated rings. The van der Waals surface area contributed by atoms with E-state index >= 15 is 0 Å². The highest BCUT2D eigenvalue weighted by atomic mass is 19.1. The van der Waals surface area contributed by atoms with Crippen LogP contribution < -0.4 is 15.4 Å². The van der Waals surface area contributed by atoms with Crippen LogP contribution in [0.4, 0.5) is 9.18 Å². The molecule has 3 amide bonds. The van der Waals surface area contributed by atoms with Gasteiger partial charge in [0.2, 0.25) is 5.91 Å². The maximum atomic E-state index is 13.9. The van der Waals surface area contributed by atoms with Gasteiger partial charge in [-0.1, -0.05) is 6.07 Å². The highest BCUT2D eigenvalue weighted by molar-refractivity contribution is 5.97. The number of ether oxygens (including phenoxy) is 1. The van der Waals surface area contributed by atoms with Crippen molar-refractivity contribution in [1.29, 1.82) is 0 Å². The minimum Gasteiger partial charge on any atom is -0.494 e. The number of carbonyl (C=O) groups is 2. The molecule has 164 valence electrons. The predicted molar refractivity (Wildman–Crippen MR) is 111 cm³/mol. The van der Waals surface area contributed by atoms with E-state index in [-0.39, 0.29) is 17.2 Å². The number of benzene rings is 1. The van der Waals surface area contributed by atoms with Gasteiger partial charge in [0.1, 0.15) is 0 Å². The number of hydrogen-bond acceptors (Lipinski definition) is 4. The maximum absolute atomic E-state index is 13.9. The van der Waals surface area contributed by atoms with Crippen LogP contribution in [0.5, 0.6) is 5.75 Å². The van der Waals surface area contributed by atoms with E-state index in [1.165, 1.54) is 32.4 Å². The highest BCUT2D eigenvalue weighted by Gasteiger charge is 2.51. The van der Waals surface area contributed by atoms with Gasteiger partial charge in [-0.2, -0.15) is 0 Å². The molecule has 0 aliphatic heterocycles. The lowest BCUT2D eigenvalue weighted by molar-refractivity contribution is -0.124. The van der Waals surface area contributed by atoms with Gasteiger partial charge in [0.15, 0.2) is 11.6 Å². The number of urea groups is 1. The van der Waals surface area contributed by atoms with Gasteiger partial charge in [0.05, 0.1) is 13.2 Å².